The first kappa shape index (κ1) is 28.1. The van der Waals surface area contributed by atoms with Gasteiger partial charge in [0.25, 0.3) is 5.91 Å². The lowest BCUT2D eigenvalue weighted by Crippen LogP contribution is -2.13. The second-order valence-corrected chi connectivity index (χ2v) is 10.4. The van der Waals surface area contributed by atoms with E-state index in [0.29, 0.717) is 56.8 Å². The minimum absolute atomic E-state index is 0.0547. The summed E-state index contributed by atoms with van der Waals surface area (Å²) in [4.78, 5) is 42.9. The molecule has 0 bridgehead atoms. The number of nitrogens with one attached hydrogen (secondary N) is 1. The second-order valence-electron chi connectivity index (χ2n) is 10.4. The van der Waals surface area contributed by atoms with Crippen molar-refractivity contribution in [3.05, 3.63) is 126 Å². The summed E-state index contributed by atoms with van der Waals surface area (Å²) >= 11 is 0. The Morgan fingerprint density at radius 3 is 2.33 bits per heavy atom. The lowest BCUT2D eigenvalue weighted by molar-refractivity contribution is 0.0689. The molecule has 0 aliphatic heterocycles. The van der Waals surface area contributed by atoms with Crippen molar-refractivity contribution in [3.63, 3.8) is 0 Å². The first-order valence-corrected chi connectivity index (χ1v) is 14.2. The lowest BCUT2D eigenvalue weighted by Gasteiger charge is -2.11. The van der Waals surface area contributed by atoms with Gasteiger partial charge in [0.15, 0.2) is 17.2 Å². The summed E-state index contributed by atoms with van der Waals surface area (Å²) in [5.74, 6) is -0.240. The number of nitrogens with two attached hydrogens (primary N) is 1. The van der Waals surface area contributed by atoms with E-state index < -0.39 is 5.97 Å². The van der Waals surface area contributed by atoms with Gasteiger partial charge in [0.2, 0.25) is 0 Å². The summed E-state index contributed by atoms with van der Waals surface area (Å²) in [5, 5.41) is 16.2. The topological polar surface area (TPSA) is 167 Å². The van der Waals surface area contributed by atoms with Crippen LogP contribution in [0.3, 0.4) is 0 Å². The quantitative estimate of drug-likeness (QED) is 0.210. The zero-order valence-electron chi connectivity index (χ0n) is 24.4. The molecular formula is C34H25N9O3. The van der Waals surface area contributed by atoms with Gasteiger partial charge in [0.1, 0.15) is 17.2 Å². The Morgan fingerprint density at radius 1 is 0.848 bits per heavy atom. The fourth-order valence-corrected chi connectivity index (χ4v) is 5.13. The van der Waals surface area contributed by atoms with Gasteiger partial charge in [-0.15, -0.1) is 0 Å². The van der Waals surface area contributed by atoms with Gasteiger partial charge in [0.05, 0.1) is 28.8 Å². The summed E-state index contributed by atoms with van der Waals surface area (Å²) in [7, 11) is 0. The van der Waals surface area contributed by atoms with Crippen molar-refractivity contribution in [2.45, 2.75) is 6.92 Å². The number of hydrogen-bond acceptors (Lipinski definition) is 8. The number of carbonyl (C=O) groups is 2. The molecule has 1 amide bonds. The van der Waals surface area contributed by atoms with E-state index >= 15 is 0 Å². The van der Waals surface area contributed by atoms with E-state index in [2.05, 4.69) is 20.4 Å². The second kappa shape index (κ2) is 11.4. The van der Waals surface area contributed by atoms with Crippen LogP contribution < -0.4 is 11.1 Å². The van der Waals surface area contributed by atoms with Gasteiger partial charge < -0.3 is 16.2 Å². The summed E-state index contributed by atoms with van der Waals surface area (Å²) in [6.07, 6.45) is 3.26. The number of nitrogen functional groups attached to an aromatic ring is 1. The van der Waals surface area contributed by atoms with Gasteiger partial charge in [0, 0.05) is 23.0 Å². The maximum atomic E-state index is 13.1. The molecule has 12 heteroatoms. The highest BCUT2D eigenvalue weighted by atomic mass is 16.4. The summed E-state index contributed by atoms with van der Waals surface area (Å²) in [6.45, 7) is 1.76. The number of carbonyl (C=O) groups excluding carboxylic acids is 1. The molecule has 0 saturated heterocycles. The number of aryl methyl sites for hydroxylation is 1. The molecule has 7 aromatic rings. The molecule has 46 heavy (non-hydrogen) atoms. The Bertz CT molecular complexity index is 2240. The van der Waals surface area contributed by atoms with Gasteiger partial charge in [-0.3, -0.25) is 9.36 Å². The number of hydrogen-bond donors (Lipinski definition) is 3. The van der Waals surface area contributed by atoms with E-state index in [1.54, 1.807) is 55.7 Å². The number of imidazole rings is 1. The summed E-state index contributed by atoms with van der Waals surface area (Å²) in [5.41, 5.74) is 12.2. The third-order valence-corrected chi connectivity index (χ3v) is 7.38. The lowest BCUT2D eigenvalue weighted by atomic mass is 10.1. The van der Waals surface area contributed by atoms with Crippen molar-refractivity contribution in [2.24, 2.45) is 0 Å². The van der Waals surface area contributed by atoms with Crippen LogP contribution in [0.5, 0.6) is 0 Å². The van der Waals surface area contributed by atoms with Crippen LogP contribution >= 0.6 is 0 Å². The number of anilines is 2. The number of aromatic carboxylic acids is 1. The van der Waals surface area contributed by atoms with Crippen LogP contribution in [0, 0.1) is 6.92 Å². The SMILES string of the molecule is Cc1cc(C(=O)O)nn1-c1ccc(C(=O)Nc2ccc(-n3c(-c4cccnc4N)nc4ccc(-c5ccccc5)nc43)cn2)cc1. The molecule has 7 rings (SSSR count). The highest BCUT2D eigenvalue weighted by molar-refractivity contribution is 6.03. The Morgan fingerprint density at radius 2 is 1.63 bits per heavy atom. The standard InChI is InChI=1S/C34H25N9O3/c1-20-18-28(34(45)46)41-43(20)23-11-9-22(10-12-23)33(44)40-29-16-13-24(19-37-29)42-31(25-8-5-17-36-30(25)35)39-27-15-14-26(38-32(27)42)21-6-3-2-4-7-21/h2-19H,1H3,(H2,35,36)(H,45,46)(H,37,40,44). The minimum atomic E-state index is -1.11. The minimum Gasteiger partial charge on any atom is -0.476 e. The van der Waals surface area contributed by atoms with Crippen LogP contribution in [-0.4, -0.2) is 51.3 Å². The summed E-state index contributed by atoms with van der Waals surface area (Å²) < 4.78 is 3.38. The van der Waals surface area contributed by atoms with E-state index in [4.69, 9.17) is 15.7 Å². The first-order chi connectivity index (χ1) is 22.4. The molecule has 0 atom stereocenters. The molecule has 5 aromatic heterocycles. The van der Waals surface area contributed by atoms with Crippen LogP contribution in [0.15, 0.2) is 109 Å². The maximum absolute atomic E-state index is 13.1. The van der Waals surface area contributed by atoms with Crippen LogP contribution in [0.1, 0.15) is 26.5 Å². The predicted molar refractivity (Wildman–Crippen MR) is 173 cm³/mol. The normalized spacial score (nSPS) is 11.1. The Labute approximate surface area is 261 Å². The van der Waals surface area contributed by atoms with Crippen LogP contribution in [0.25, 0.3) is 45.2 Å². The predicted octanol–water partition coefficient (Wildman–Crippen LogP) is 5.57. The third-order valence-electron chi connectivity index (χ3n) is 7.38. The average molecular weight is 608 g/mol. The molecule has 0 aliphatic carbocycles. The zero-order chi connectivity index (χ0) is 31.8. The molecule has 2 aromatic carbocycles. The highest BCUT2D eigenvalue weighted by Gasteiger charge is 2.19. The van der Waals surface area contributed by atoms with Gasteiger partial charge in [-0.1, -0.05) is 30.3 Å². The summed E-state index contributed by atoms with van der Waals surface area (Å²) in [6, 6.07) is 29.0. The number of pyridine rings is 3. The Hall–Kier alpha value is -6.69. The molecule has 224 valence electrons. The number of rotatable bonds is 7. The van der Waals surface area contributed by atoms with Gasteiger partial charge >= 0.3 is 5.97 Å². The van der Waals surface area contributed by atoms with Crippen molar-refractivity contribution in [3.8, 4) is 34.0 Å². The van der Waals surface area contributed by atoms with E-state index in [1.165, 1.54) is 10.7 Å². The fraction of sp³-hybridized carbons (Fsp3) is 0.0294. The first-order valence-electron chi connectivity index (χ1n) is 14.2. The molecule has 0 aliphatic rings. The van der Waals surface area contributed by atoms with E-state index in [-0.39, 0.29) is 11.6 Å². The zero-order valence-corrected chi connectivity index (χ0v) is 24.4. The number of carboxylic acid groups (broad SMARTS) is 1. The number of amides is 1. The number of carboxylic acids is 1. The molecule has 0 spiro atoms. The number of benzene rings is 2. The molecule has 0 radical (unpaired) electrons. The molecule has 5 heterocycles. The average Bonchev–Trinajstić information content (AvgIpc) is 3.66. The number of fused-ring (bicyclic) bond motifs is 1. The van der Waals surface area contributed by atoms with Crippen molar-refractivity contribution >= 4 is 34.7 Å². The Balaban J connectivity index is 1.19. The molecule has 0 fully saturated rings. The largest absolute Gasteiger partial charge is 0.476 e. The van der Waals surface area contributed by atoms with Crippen LogP contribution in [-0.2, 0) is 0 Å². The number of aromatic nitrogens is 7. The van der Waals surface area contributed by atoms with Gasteiger partial charge in [-0.05, 0) is 73.7 Å². The molecule has 0 unspecified atom stereocenters. The van der Waals surface area contributed by atoms with E-state index in [0.717, 1.165) is 11.3 Å². The molecule has 4 N–H and O–H groups in total. The smallest absolute Gasteiger partial charge is 0.356 e. The van der Waals surface area contributed by atoms with E-state index in [9.17, 15) is 14.7 Å². The van der Waals surface area contributed by atoms with Gasteiger partial charge in [-0.2, -0.15) is 5.10 Å². The third kappa shape index (κ3) is 5.19. The van der Waals surface area contributed by atoms with Crippen LogP contribution in [0.2, 0.25) is 0 Å². The highest BCUT2D eigenvalue weighted by Crippen LogP contribution is 2.31. The van der Waals surface area contributed by atoms with E-state index in [1.807, 2.05) is 59.2 Å². The monoisotopic (exact) mass is 607 g/mol. The van der Waals surface area contributed by atoms with Crippen molar-refractivity contribution < 1.29 is 14.7 Å². The van der Waals surface area contributed by atoms with Crippen molar-refractivity contribution in [2.75, 3.05) is 11.1 Å². The molecule has 0 saturated carbocycles. The van der Waals surface area contributed by atoms with Gasteiger partial charge in [-0.25, -0.2) is 29.4 Å². The maximum Gasteiger partial charge on any atom is 0.356 e. The molecular weight excluding hydrogens is 582 g/mol. The molecule has 12 nitrogen and oxygen atoms in total. The van der Waals surface area contributed by atoms with Crippen molar-refractivity contribution in [1.82, 2.24) is 34.3 Å². The fourth-order valence-electron chi connectivity index (χ4n) is 5.13. The number of nitrogens with zero attached hydrogens (tertiary/aromatic N) is 7. The Kier molecular flexibility index (Phi) is 6.98. The van der Waals surface area contributed by atoms with Crippen molar-refractivity contribution in [1.29, 1.82) is 0 Å². The van der Waals surface area contributed by atoms with Crippen LogP contribution in [0.4, 0.5) is 11.6 Å².